The first-order valence-corrected chi connectivity index (χ1v) is 7.84. The molecule has 0 saturated heterocycles. The van der Waals surface area contributed by atoms with E-state index in [1.165, 1.54) is 30.3 Å². The summed E-state index contributed by atoms with van der Waals surface area (Å²) in [6, 6.07) is 10.4. The highest BCUT2D eigenvalue weighted by molar-refractivity contribution is 6.23. The average Bonchev–Trinajstić information content (AvgIpc) is 2.89. The molecule has 0 atom stereocenters. The van der Waals surface area contributed by atoms with Crippen molar-refractivity contribution in [2.45, 2.75) is 0 Å². The molecule has 4 rings (SSSR count). The Morgan fingerprint density at radius 1 is 0.852 bits per heavy atom. The molecule has 0 saturated carbocycles. The largest absolute Gasteiger partial charge is 0.384 e. The predicted molar refractivity (Wildman–Crippen MR) is 93.6 cm³/mol. The Kier molecular flexibility index (Phi) is 3.62. The van der Waals surface area contributed by atoms with Gasteiger partial charge in [0, 0.05) is 17.7 Å². The summed E-state index contributed by atoms with van der Waals surface area (Å²) in [4.78, 5) is 36.0. The number of halogens is 2. The van der Waals surface area contributed by atoms with Gasteiger partial charge in [0.1, 0.15) is 17.5 Å². The molecule has 0 unspecified atom stereocenters. The van der Waals surface area contributed by atoms with Crippen LogP contribution < -0.4 is 16.6 Å². The Morgan fingerprint density at radius 3 is 2.22 bits per heavy atom. The van der Waals surface area contributed by atoms with Crippen LogP contribution in [0.2, 0.25) is 0 Å². The molecule has 1 aromatic heterocycles. The summed E-state index contributed by atoms with van der Waals surface area (Å²) >= 11 is 0. The Labute approximate surface area is 150 Å². The second-order valence-electron chi connectivity index (χ2n) is 5.95. The Hall–Kier alpha value is -3.81. The van der Waals surface area contributed by atoms with Crippen molar-refractivity contribution in [2.24, 2.45) is 0 Å². The van der Waals surface area contributed by atoms with Crippen molar-refractivity contribution >= 4 is 17.6 Å². The highest BCUT2D eigenvalue weighted by atomic mass is 19.1. The number of pyridine rings is 1. The first kappa shape index (κ1) is 16.6. The van der Waals surface area contributed by atoms with Crippen LogP contribution in [0.25, 0.3) is 16.8 Å². The summed E-state index contributed by atoms with van der Waals surface area (Å²) in [6.07, 6.45) is 0. The number of amides is 2. The number of carbonyl (C=O) groups excluding carboxylic acids is 2. The molecule has 27 heavy (non-hydrogen) atoms. The summed E-state index contributed by atoms with van der Waals surface area (Å²) in [7, 11) is 0. The molecular formula is C19H11F2N3O3. The van der Waals surface area contributed by atoms with Gasteiger partial charge in [-0.1, -0.05) is 12.1 Å². The van der Waals surface area contributed by atoms with Crippen molar-refractivity contribution in [3.63, 3.8) is 0 Å². The quantitative estimate of drug-likeness (QED) is 0.680. The highest BCUT2D eigenvalue weighted by Gasteiger charge is 2.31. The normalized spacial score (nSPS) is 12.8. The molecule has 0 aliphatic carbocycles. The summed E-state index contributed by atoms with van der Waals surface area (Å²) in [5.74, 6) is -2.91. The number of aromatic nitrogens is 1. The molecule has 3 N–H and O–H groups in total. The number of nitrogens with one attached hydrogen (secondary N) is 1. The van der Waals surface area contributed by atoms with Crippen molar-refractivity contribution < 1.29 is 18.4 Å². The van der Waals surface area contributed by atoms with Gasteiger partial charge in [-0.25, -0.2) is 8.78 Å². The number of nitrogens with two attached hydrogens (primary N) is 1. The number of nitrogen functional groups attached to an aromatic ring is 1. The molecule has 0 bridgehead atoms. The van der Waals surface area contributed by atoms with Crippen molar-refractivity contribution in [3.8, 4) is 16.8 Å². The predicted octanol–water partition coefficient (Wildman–Crippen LogP) is 2.25. The molecule has 134 valence electrons. The van der Waals surface area contributed by atoms with Crippen molar-refractivity contribution in [1.82, 2.24) is 9.88 Å². The van der Waals surface area contributed by atoms with E-state index < -0.39 is 29.0 Å². The highest BCUT2D eigenvalue weighted by Crippen LogP contribution is 2.26. The molecule has 2 aromatic carbocycles. The molecule has 0 spiro atoms. The molecule has 6 nitrogen and oxygen atoms in total. The van der Waals surface area contributed by atoms with E-state index in [1.54, 1.807) is 0 Å². The Balaban J connectivity index is 1.82. The average molecular weight is 367 g/mol. The minimum Gasteiger partial charge on any atom is -0.384 e. The first-order chi connectivity index (χ1) is 12.9. The summed E-state index contributed by atoms with van der Waals surface area (Å²) in [5.41, 5.74) is 6.24. The molecule has 3 aromatic rings. The Morgan fingerprint density at radius 2 is 1.56 bits per heavy atom. The van der Waals surface area contributed by atoms with Gasteiger partial charge in [0.05, 0.1) is 16.8 Å². The maximum absolute atomic E-state index is 13.9. The fourth-order valence-corrected chi connectivity index (χ4v) is 3.06. The number of hydrogen-bond acceptors (Lipinski definition) is 4. The molecule has 1 aliphatic heterocycles. The van der Waals surface area contributed by atoms with E-state index in [-0.39, 0.29) is 22.5 Å². The number of rotatable bonds is 2. The van der Waals surface area contributed by atoms with Crippen LogP contribution in [0.5, 0.6) is 0 Å². The van der Waals surface area contributed by atoms with Crippen LogP contribution in [-0.2, 0) is 0 Å². The molecule has 0 radical (unpaired) electrons. The van der Waals surface area contributed by atoms with E-state index in [9.17, 15) is 23.2 Å². The van der Waals surface area contributed by atoms with Crippen LogP contribution in [0.15, 0.2) is 53.3 Å². The van der Waals surface area contributed by atoms with Crippen LogP contribution in [0.3, 0.4) is 0 Å². The van der Waals surface area contributed by atoms with Crippen LogP contribution in [0, 0.1) is 11.6 Å². The van der Waals surface area contributed by atoms with Gasteiger partial charge in [0.2, 0.25) is 0 Å². The molecular weight excluding hydrogens is 356 g/mol. The zero-order valence-electron chi connectivity index (χ0n) is 13.6. The first-order valence-electron chi connectivity index (χ1n) is 7.84. The number of anilines is 1. The van der Waals surface area contributed by atoms with E-state index in [1.807, 2.05) is 0 Å². The van der Waals surface area contributed by atoms with E-state index in [4.69, 9.17) is 5.73 Å². The SMILES string of the molecule is Nc1c2c(cc(=O)n1-c1ccc(-c3ccc(F)cc3F)cc1)C(=O)NC2=O. The number of hydrogen-bond donors (Lipinski definition) is 2. The second-order valence-corrected chi connectivity index (χ2v) is 5.95. The molecule has 0 fully saturated rings. The number of benzene rings is 2. The van der Waals surface area contributed by atoms with E-state index in [0.29, 0.717) is 11.3 Å². The second kappa shape index (κ2) is 5.87. The van der Waals surface area contributed by atoms with Gasteiger partial charge in [-0.3, -0.25) is 24.3 Å². The third-order valence-corrected chi connectivity index (χ3v) is 4.32. The fourth-order valence-electron chi connectivity index (χ4n) is 3.06. The van der Waals surface area contributed by atoms with Gasteiger partial charge in [0.15, 0.2) is 0 Å². The lowest BCUT2D eigenvalue weighted by Gasteiger charge is -2.12. The standard InChI is InChI=1S/C19H11F2N3O3/c20-10-3-6-12(14(21)7-10)9-1-4-11(5-2-9)24-15(25)8-13-16(17(24)22)19(27)23-18(13)26/h1-8H,22H2,(H,23,26,27). The number of imide groups is 1. The van der Waals surface area contributed by atoms with Gasteiger partial charge < -0.3 is 5.73 Å². The summed E-state index contributed by atoms with van der Waals surface area (Å²) in [5, 5.41) is 2.09. The van der Waals surface area contributed by atoms with E-state index in [0.717, 1.165) is 22.8 Å². The van der Waals surface area contributed by atoms with Gasteiger partial charge in [0.25, 0.3) is 17.4 Å². The molecule has 8 heteroatoms. The monoisotopic (exact) mass is 367 g/mol. The van der Waals surface area contributed by atoms with Crippen molar-refractivity contribution in [1.29, 1.82) is 0 Å². The maximum Gasteiger partial charge on any atom is 0.262 e. The lowest BCUT2D eigenvalue weighted by molar-refractivity contribution is 0.0880. The lowest BCUT2D eigenvalue weighted by Crippen LogP contribution is -2.24. The van der Waals surface area contributed by atoms with Gasteiger partial charge in [-0.05, 0) is 29.8 Å². The summed E-state index contributed by atoms with van der Waals surface area (Å²) < 4.78 is 28.1. The number of fused-ring (bicyclic) bond motifs is 1. The molecule has 2 heterocycles. The maximum atomic E-state index is 13.9. The van der Waals surface area contributed by atoms with Crippen molar-refractivity contribution in [2.75, 3.05) is 5.73 Å². The smallest absolute Gasteiger partial charge is 0.262 e. The minimum atomic E-state index is -0.716. The van der Waals surface area contributed by atoms with Gasteiger partial charge in [-0.2, -0.15) is 0 Å². The topological polar surface area (TPSA) is 94.2 Å². The molecule has 2 amide bonds. The third-order valence-electron chi connectivity index (χ3n) is 4.32. The zero-order chi connectivity index (χ0) is 19.3. The van der Waals surface area contributed by atoms with Crippen molar-refractivity contribution in [3.05, 3.63) is 81.6 Å². The van der Waals surface area contributed by atoms with Crippen LogP contribution in [0.4, 0.5) is 14.6 Å². The molecule has 1 aliphatic rings. The fraction of sp³-hybridized carbons (Fsp3) is 0. The van der Waals surface area contributed by atoms with Gasteiger partial charge in [-0.15, -0.1) is 0 Å². The van der Waals surface area contributed by atoms with E-state index >= 15 is 0 Å². The van der Waals surface area contributed by atoms with E-state index in [2.05, 4.69) is 5.32 Å². The lowest BCUT2D eigenvalue weighted by atomic mass is 10.0. The number of carbonyl (C=O) groups is 2. The zero-order valence-corrected chi connectivity index (χ0v) is 13.6. The van der Waals surface area contributed by atoms with Crippen LogP contribution in [0.1, 0.15) is 20.7 Å². The van der Waals surface area contributed by atoms with Crippen LogP contribution >= 0.6 is 0 Å². The van der Waals surface area contributed by atoms with Crippen LogP contribution in [-0.4, -0.2) is 16.4 Å². The minimum absolute atomic E-state index is 0.0618. The Bertz CT molecular complexity index is 1180. The summed E-state index contributed by atoms with van der Waals surface area (Å²) in [6.45, 7) is 0. The number of nitrogens with zero attached hydrogens (tertiary/aromatic N) is 1. The third kappa shape index (κ3) is 2.58. The van der Waals surface area contributed by atoms with Gasteiger partial charge >= 0.3 is 0 Å².